The molecule has 3 aromatic rings. The number of anilines is 1. The van der Waals surface area contributed by atoms with Crippen LogP contribution < -0.4 is 21.3 Å². The number of thioether (sulfide) groups is 1. The SMILES string of the molecule is CCCCn1c(SCC(=O)Nc2cc(C)ccc2OC)nc2c1c(=O)n(C)c(=O)n2C. The van der Waals surface area contributed by atoms with Gasteiger partial charge in [-0.3, -0.25) is 18.7 Å². The van der Waals surface area contributed by atoms with Crippen LogP contribution in [0.15, 0.2) is 32.9 Å². The summed E-state index contributed by atoms with van der Waals surface area (Å²) in [5, 5.41) is 3.40. The van der Waals surface area contributed by atoms with Crippen LogP contribution in [0.3, 0.4) is 0 Å². The van der Waals surface area contributed by atoms with E-state index in [1.165, 1.54) is 23.4 Å². The molecule has 31 heavy (non-hydrogen) atoms. The molecule has 0 radical (unpaired) electrons. The highest BCUT2D eigenvalue weighted by molar-refractivity contribution is 7.99. The standard InChI is InChI=1S/C21H27N5O4S/c1-6-7-10-26-17-18(24(3)21(29)25(4)19(17)28)23-20(26)31-12-16(27)22-14-11-13(2)8-9-15(14)30-5/h8-9,11H,6-7,10,12H2,1-5H3,(H,22,27). The molecule has 0 saturated carbocycles. The highest BCUT2D eigenvalue weighted by atomic mass is 32.2. The monoisotopic (exact) mass is 445 g/mol. The summed E-state index contributed by atoms with van der Waals surface area (Å²) >= 11 is 1.23. The summed E-state index contributed by atoms with van der Waals surface area (Å²) < 4.78 is 9.56. The second kappa shape index (κ2) is 9.42. The molecule has 0 atom stereocenters. The number of carbonyl (C=O) groups is 1. The van der Waals surface area contributed by atoms with Crippen molar-refractivity contribution in [2.45, 2.75) is 38.4 Å². The van der Waals surface area contributed by atoms with Gasteiger partial charge >= 0.3 is 5.69 Å². The minimum Gasteiger partial charge on any atom is -0.495 e. The zero-order valence-electron chi connectivity index (χ0n) is 18.4. The van der Waals surface area contributed by atoms with E-state index in [9.17, 15) is 14.4 Å². The van der Waals surface area contributed by atoms with Gasteiger partial charge in [0.05, 0.1) is 18.6 Å². The lowest BCUT2D eigenvalue weighted by molar-refractivity contribution is -0.113. The average Bonchev–Trinajstić information content (AvgIpc) is 3.12. The highest BCUT2D eigenvalue weighted by Crippen LogP contribution is 2.26. The molecule has 0 aliphatic rings. The smallest absolute Gasteiger partial charge is 0.332 e. The van der Waals surface area contributed by atoms with Crippen LogP contribution in [-0.4, -0.2) is 37.5 Å². The summed E-state index contributed by atoms with van der Waals surface area (Å²) in [5.74, 6) is 0.461. The second-order valence-corrected chi connectivity index (χ2v) is 8.26. The number of methoxy groups -OCH3 is 1. The number of benzene rings is 1. The van der Waals surface area contributed by atoms with Gasteiger partial charge in [-0.2, -0.15) is 0 Å². The van der Waals surface area contributed by atoms with Gasteiger partial charge in [0.25, 0.3) is 5.56 Å². The molecule has 0 unspecified atom stereocenters. The third-order valence-electron chi connectivity index (χ3n) is 5.01. The number of aryl methyl sites for hydroxylation is 3. The van der Waals surface area contributed by atoms with Crippen molar-refractivity contribution in [3.05, 3.63) is 44.6 Å². The van der Waals surface area contributed by atoms with Gasteiger partial charge in [-0.1, -0.05) is 31.2 Å². The summed E-state index contributed by atoms with van der Waals surface area (Å²) in [6, 6.07) is 5.56. The molecule has 2 heterocycles. The fourth-order valence-corrected chi connectivity index (χ4v) is 4.12. The maximum Gasteiger partial charge on any atom is 0.332 e. The molecule has 166 valence electrons. The van der Waals surface area contributed by atoms with Crippen molar-refractivity contribution in [2.24, 2.45) is 14.1 Å². The van der Waals surface area contributed by atoms with Crippen LogP contribution in [0.25, 0.3) is 11.2 Å². The Morgan fingerprint density at radius 3 is 2.65 bits per heavy atom. The van der Waals surface area contributed by atoms with Gasteiger partial charge in [0, 0.05) is 20.6 Å². The van der Waals surface area contributed by atoms with Crippen molar-refractivity contribution >= 4 is 34.5 Å². The molecular weight excluding hydrogens is 418 g/mol. The van der Waals surface area contributed by atoms with E-state index in [2.05, 4.69) is 17.2 Å². The van der Waals surface area contributed by atoms with Gasteiger partial charge in [0.15, 0.2) is 16.3 Å². The Labute approximate surface area is 184 Å². The van der Waals surface area contributed by atoms with E-state index in [1.54, 1.807) is 20.2 Å². The molecule has 0 spiro atoms. The molecule has 3 rings (SSSR count). The van der Waals surface area contributed by atoms with Crippen molar-refractivity contribution in [3.63, 3.8) is 0 Å². The number of imidazole rings is 1. The zero-order chi connectivity index (χ0) is 22.7. The lowest BCUT2D eigenvalue weighted by Crippen LogP contribution is -2.37. The summed E-state index contributed by atoms with van der Waals surface area (Å²) in [6.45, 7) is 4.57. The highest BCUT2D eigenvalue weighted by Gasteiger charge is 2.20. The van der Waals surface area contributed by atoms with Crippen molar-refractivity contribution in [2.75, 3.05) is 18.2 Å². The molecule has 0 aliphatic carbocycles. The molecule has 2 aromatic heterocycles. The summed E-state index contributed by atoms with van der Waals surface area (Å²) in [7, 11) is 4.60. The van der Waals surface area contributed by atoms with Crippen LogP contribution in [0.5, 0.6) is 5.75 Å². The normalized spacial score (nSPS) is 11.1. The van der Waals surface area contributed by atoms with E-state index < -0.39 is 5.69 Å². The lowest BCUT2D eigenvalue weighted by Gasteiger charge is -2.11. The first kappa shape index (κ1) is 22.7. The van der Waals surface area contributed by atoms with Crippen molar-refractivity contribution in [1.29, 1.82) is 0 Å². The molecular formula is C21H27N5O4S. The van der Waals surface area contributed by atoms with Gasteiger partial charge in [0.2, 0.25) is 5.91 Å². The molecule has 0 fully saturated rings. The first-order valence-electron chi connectivity index (χ1n) is 10.0. The number of unbranched alkanes of at least 4 members (excludes halogenated alkanes) is 1. The number of fused-ring (bicyclic) bond motifs is 1. The predicted molar refractivity (Wildman–Crippen MR) is 122 cm³/mol. The third kappa shape index (κ3) is 4.53. The summed E-state index contributed by atoms with van der Waals surface area (Å²) in [6.07, 6.45) is 1.78. The van der Waals surface area contributed by atoms with Crippen LogP contribution in [0, 0.1) is 6.92 Å². The van der Waals surface area contributed by atoms with Crippen LogP contribution in [-0.2, 0) is 25.4 Å². The number of ether oxygens (including phenoxy) is 1. The van der Waals surface area contributed by atoms with Crippen molar-refractivity contribution in [1.82, 2.24) is 18.7 Å². The van der Waals surface area contributed by atoms with Crippen LogP contribution in [0.4, 0.5) is 5.69 Å². The molecule has 1 amide bonds. The van der Waals surface area contributed by atoms with Crippen molar-refractivity contribution in [3.8, 4) is 5.75 Å². The first-order chi connectivity index (χ1) is 14.8. The van der Waals surface area contributed by atoms with E-state index in [-0.39, 0.29) is 17.2 Å². The molecule has 9 nitrogen and oxygen atoms in total. The largest absolute Gasteiger partial charge is 0.495 e. The Morgan fingerprint density at radius 1 is 1.23 bits per heavy atom. The Kier molecular flexibility index (Phi) is 6.89. The number of hydrogen-bond acceptors (Lipinski definition) is 6. The molecule has 0 aliphatic heterocycles. The van der Waals surface area contributed by atoms with Crippen LogP contribution in [0.1, 0.15) is 25.3 Å². The Balaban J connectivity index is 1.91. The van der Waals surface area contributed by atoms with Gasteiger partial charge in [-0.15, -0.1) is 0 Å². The number of carbonyl (C=O) groups excluding carboxylic acids is 1. The lowest BCUT2D eigenvalue weighted by atomic mass is 10.2. The molecule has 1 aromatic carbocycles. The predicted octanol–water partition coefficient (Wildman–Crippen LogP) is 2.28. The van der Waals surface area contributed by atoms with Crippen LogP contribution >= 0.6 is 11.8 Å². The number of rotatable bonds is 8. The fourth-order valence-electron chi connectivity index (χ4n) is 3.30. The fraction of sp³-hybridized carbons (Fsp3) is 0.429. The maximum atomic E-state index is 12.8. The van der Waals surface area contributed by atoms with Crippen molar-refractivity contribution < 1.29 is 9.53 Å². The maximum absolute atomic E-state index is 12.8. The Morgan fingerprint density at radius 2 is 1.97 bits per heavy atom. The van der Waals surface area contributed by atoms with Gasteiger partial charge in [0.1, 0.15) is 5.75 Å². The van der Waals surface area contributed by atoms with E-state index >= 15 is 0 Å². The van der Waals surface area contributed by atoms with E-state index in [4.69, 9.17) is 4.74 Å². The van der Waals surface area contributed by atoms with Gasteiger partial charge in [-0.05, 0) is 31.0 Å². The topological polar surface area (TPSA) is 100 Å². The van der Waals surface area contributed by atoms with Gasteiger partial charge in [-0.25, -0.2) is 9.78 Å². The molecule has 0 saturated heterocycles. The minimum absolute atomic E-state index is 0.0980. The average molecular weight is 446 g/mol. The number of nitrogens with zero attached hydrogens (tertiary/aromatic N) is 4. The second-order valence-electron chi connectivity index (χ2n) is 7.32. The Bertz CT molecular complexity index is 1240. The number of amides is 1. The number of hydrogen-bond donors (Lipinski definition) is 1. The Hall–Kier alpha value is -3.01. The first-order valence-corrected chi connectivity index (χ1v) is 11.0. The molecule has 10 heteroatoms. The van der Waals surface area contributed by atoms with E-state index in [1.807, 2.05) is 23.6 Å². The summed E-state index contributed by atoms with van der Waals surface area (Å²) in [5.41, 5.74) is 1.49. The van der Waals surface area contributed by atoms with Gasteiger partial charge < -0.3 is 14.6 Å². The minimum atomic E-state index is -0.432. The number of aromatic nitrogens is 4. The third-order valence-corrected chi connectivity index (χ3v) is 5.99. The number of nitrogens with one attached hydrogen (secondary N) is 1. The van der Waals surface area contributed by atoms with E-state index in [0.29, 0.717) is 34.3 Å². The summed E-state index contributed by atoms with van der Waals surface area (Å²) in [4.78, 5) is 42.2. The molecule has 1 N–H and O–H groups in total. The van der Waals surface area contributed by atoms with E-state index in [0.717, 1.165) is 23.0 Å². The molecule has 0 bridgehead atoms. The van der Waals surface area contributed by atoms with Crippen LogP contribution in [0.2, 0.25) is 0 Å². The quantitative estimate of drug-likeness (QED) is 0.534. The zero-order valence-corrected chi connectivity index (χ0v) is 19.2.